The SMILES string of the molecule is CCOC(=O)c1cc2n(n1)C(c1ccc(F)cc1)CCN2. The first-order valence-electron chi connectivity index (χ1n) is 6.95. The molecule has 1 aliphatic rings. The molecule has 0 spiro atoms. The number of nitrogens with one attached hydrogen (secondary N) is 1. The van der Waals surface area contributed by atoms with Gasteiger partial charge in [-0.15, -0.1) is 0 Å². The molecule has 0 radical (unpaired) electrons. The average molecular weight is 289 g/mol. The van der Waals surface area contributed by atoms with Gasteiger partial charge in [-0.2, -0.15) is 5.10 Å². The summed E-state index contributed by atoms with van der Waals surface area (Å²) in [6, 6.07) is 8.06. The van der Waals surface area contributed by atoms with Crippen molar-refractivity contribution in [3.63, 3.8) is 0 Å². The summed E-state index contributed by atoms with van der Waals surface area (Å²) in [4.78, 5) is 11.8. The molecular weight excluding hydrogens is 273 g/mol. The maximum atomic E-state index is 13.0. The number of ether oxygens (including phenoxy) is 1. The lowest BCUT2D eigenvalue weighted by Gasteiger charge is -2.25. The molecule has 0 fully saturated rings. The van der Waals surface area contributed by atoms with Crippen molar-refractivity contribution in [2.75, 3.05) is 18.5 Å². The van der Waals surface area contributed by atoms with Gasteiger partial charge in [0.15, 0.2) is 5.69 Å². The number of rotatable bonds is 3. The van der Waals surface area contributed by atoms with Gasteiger partial charge in [0.25, 0.3) is 0 Å². The first-order valence-corrected chi connectivity index (χ1v) is 6.95. The smallest absolute Gasteiger partial charge is 0.358 e. The summed E-state index contributed by atoms with van der Waals surface area (Å²) in [6.45, 7) is 2.85. The predicted octanol–water partition coefficient (Wildman–Crippen LogP) is 2.60. The Balaban J connectivity index is 1.94. The first kappa shape index (κ1) is 13.6. The Morgan fingerprint density at radius 3 is 2.95 bits per heavy atom. The Morgan fingerprint density at radius 2 is 2.24 bits per heavy atom. The Hall–Kier alpha value is -2.37. The molecule has 1 aromatic heterocycles. The van der Waals surface area contributed by atoms with Crippen LogP contribution in [-0.4, -0.2) is 28.9 Å². The van der Waals surface area contributed by atoms with Gasteiger partial charge in [0.05, 0.1) is 12.6 Å². The number of nitrogens with zero attached hydrogens (tertiary/aromatic N) is 2. The second-order valence-electron chi connectivity index (χ2n) is 4.86. The van der Waals surface area contributed by atoms with Crippen LogP contribution in [-0.2, 0) is 4.74 Å². The summed E-state index contributed by atoms with van der Waals surface area (Å²) in [5.74, 6) is 0.0817. The third kappa shape index (κ3) is 2.61. The number of carbonyl (C=O) groups excluding carboxylic acids is 1. The highest BCUT2D eigenvalue weighted by Gasteiger charge is 2.25. The molecule has 1 aliphatic heterocycles. The van der Waals surface area contributed by atoms with E-state index < -0.39 is 5.97 Å². The number of hydrogen-bond acceptors (Lipinski definition) is 4. The molecule has 0 saturated carbocycles. The van der Waals surface area contributed by atoms with Crippen LogP contribution in [0, 0.1) is 5.82 Å². The third-order valence-corrected chi connectivity index (χ3v) is 3.49. The van der Waals surface area contributed by atoms with Crippen LogP contribution in [0.25, 0.3) is 0 Å². The molecule has 0 aliphatic carbocycles. The van der Waals surface area contributed by atoms with Gasteiger partial charge < -0.3 is 10.1 Å². The molecule has 1 atom stereocenters. The van der Waals surface area contributed by atoms with E-state index in [2.05, 4.69) is 10.4 Å². The Morgan fingerprint density at radius 1 is 1.48 bits per heavy atom. The zero-order chi connectivity index (χ0) is 14.8. The summed E-state index contributed by atoms with van der Waals surface area (Å²) in [5.41, 5.74) is 1.26. The van der Waals surface area contributed by atoms with Crippen LogP contribution in [0.5, 0.6) is 0 Å². The molecule has 2 heterocycles. The van der Waals surface area contributed by atoms with E-state index in [4.69, 9.17) is 4.74 Å². The van der Waals surface area contributed by atoms with Crippen molar-refractivity contribution in [2.24, 2.45) is 0 Å². The lowest BCUT2D eigenvalue weighted by Crippen LogP contribution is -2.24. The van der Waals surface area contributed by atoms with Gasteiger partial charge in [0.2, 0.25) is 0 Å². The fourth-order valence-corrected chi connectivity index (χ4v) is 2.52. The van der Waals surface area contributed by atoms with Gasteiger partial charge in [0.1, 0.15) is 11.6 Å². The summed E-state index contributed by atoms with van der Waals surface area (Å²) in [6.07, 6.45) is 0.822. The standard InChI is InChI=1S/C15H16FN3O2/c1-2-21-15(20)12-9-14-17-8-7-13(19(14)18-12)10-3-5-11(16)6-4-10/h3-6,9,13,17H,2,7-8H2,1H3. The van der Waals surface area contributed by atoms with Crippen LogP contribution < -0.4 is 5.32 Å². The highest BCUT2D eigenvalue weighted by molar-refractivity contribution is 5.88. The number of aromatic nitrogens is 2. The molecule has 1 unspecified atom stereocenters. The number of anilines is 1. The second-order valence-corrected chi connectivity index (χ2v) is 4.86. The maximum Gasteiger partial charge on any atom is 0.358 e. The van der Waals surface area contributed by atoms with E-state index >= 15 is 0 Å². The van der Waals surface area contributed by atoms with Crippen molar-refractivity contribution in [3.8, 4) is 0 Å². The maximum absolute atomic E-state index is 13.0. The molecule has 6 heteroatoms. The minimum Gasteiger partial charge on any atom is -0.461 e. The lowest BCUT2D eigenvalue weighted by atomic mass is 10.0. The average Bonchev–Trinajstić information content (AvgIpc) is 2.92. The highest BCUT2D eigenvalue weighted by Crippen LogP contribution is 2.30. The van der Waals surface area contributed by atoms with Crippen LogP contribution in [0.4, 0.5) is 10.2 Å². The zero-order valence-electron chi connectivity index (χ0n) is 11.7. The molecule has 1 N–H and O–H groups in total. The van der Waals surface area contributed by atoms with Gasteiger partial charge >= 0.3 is 5.97 Å². The zero-order valence-corrected chi connectivity index (χ0v) is 11.7. The topological polar surface area (TPSA) is 56.2 Å². The van der Waals surface area contributed by atoms with Crippen LogP contribution in [0.3, 0.4) is 0 Å². The minimum atomic E-state index is -0.431. The first-order chi connectivity index (χ1) is 10.2. The van der Waals surface area contributed by atoms with E-state index in [0.29, 0.717) is 6.61 Å². The Bertz CT molecular complexity index is 651. The molecule has 2 aromatic rings. The van der Waals surface area contributed by atoms with Gasteiger partial charge in [-0.25, -0.2) is 13.9 Å². The van der Waals surface area contributed by atoms with Crippen molar-refractivity contribution in [2.45, 2.75) is 19.4 Å². The summed E-state index contributed by atoms with van der Waals surface area (Å²) < 4.78 is 19.8. The molecule has 5 nitrogen and oxygen atoms in total. The molecule has 21 heavy (non-hydrogen) atoms. The fourth-order valence-electron chi connectivity index (χ4n) is 2.52. The number of halogens is 1. The summed E-state index contributed by atoms with van der Waals surface area (Å²) >= 11 is 0. The van der Waals surface area contributed by atoms with Crippen molar-refractivity contribution in [1.82, 2.24) is 9.78 Å². The van der Waals surface area contributed by atoms with E-state index in [1.165, 1.54) is 12.1 Å². The Kier molecular flexibility index (Phi) is 3.60. The third-order valence-electron chi connectivity index (χ3n) is 3.49. The van der Waals surface area contributed by atoms with Gasteiger partial charge in [0, 0.05) is 12.6 Å². The van der Waals surface area contributed by atoms with Gasteiger partial charge in [-0.05, 0) is 31.0 Å². The minimum absolute atomic E-state index is 0.00923. The molecule has 0 bridgehead atoms. The monoisotopic (exact) mass is 289 g/mol. The molecule has 0 amide bonds. The predicted molar refractivity (Wildman–Crippen MR) is 75.8 cm³/mol. The molecular formula is C15H16FN3O2. The van der Waals surface area contributed by atoms with E-state index in [1.807, 2.05) is 0 Å². The Labute approximate surface area is 121 Å². The van der Waals surface area contributed by atoms with Crippen LogP contribution in [0.2, 0.25) is 0 Å². The number of fused-ring (bicyclic) bond motifs is 1. The number of esters is 1. The van der Waals surface area contributed by atoms with Crippen molar-refractivity contribution >= 4 is 11.8 Å². The number of carbonyl (C=O) groups is 1. The summed E-state index contributed by atoms with van der Waals surface area (Å²) in [5, 5.41) is 7.55. The van der Waals surface area contributed by atoms with E-state index in [1.54, 1.807) is 29.8 Å². The largest absolute Gasteiger partial charge is 0.461 e. The molecule has 1 aromatic carbocycles. The van der Waals surface area contributed by atoms with Gasteiger partial charge in [-0.1, -0.05) is 12.1 Å². The fraction of sp³-hybridized carbons (Fsp3) is 0.333. The van der Waals surface area contributed by atoms with Crippen LogP contribution in [0.1, 0.15) is 35.4 Å². The molecule has 3 rings (SSSR count). The summed E-state index contributed by atoms with van der Waals surface area (Å²) in [7, 11) is 0. The van der Waals surface area contributed by atoms with Crippen LogP contribution >= 0.6 is 0 Å². The van der Waals surface area contributed by atoms with Gasteiger partial charge in [-0.3, -0.25) is 0 Å². The number of hydrogen-bond donors (Lipinski definition) is 1. The van der Waals surface area contributed by atoms with E-state index in [-0.39, 0.29) is 17.6 Å². The quantitative estimate of drug-likeness (QED) is 0.882. The molecule has 0 saturated heterocycles. The van der Waals surface area contributed by atoms with E-state index in [9.17, 15) is 9.18 Å². The van der Waals surface area contributed by atoms with Crippen molar-refractivity contribution < 1.29 is 13.9 Å². The highest BCUT2D eigenvalue weighted by atomic mass is 19.1. The molecule has 110 valence electrons. The normalized spacial score (nSPS) is 17.0. The van der Waals surface area contributed by atoms with Crippen molar-refractivity contribution in [1.29, 1.82) is 0 Å². The van der Waals surface area contributed by atoms with E-state index in [0.717, 1.165) is 24.3 Å². The van der Waals surface area contributed by atoms with Crippen LogP contribution in [0.15, 0.2) is 30.3 Å². The lowest BCUT2D eigenvalue weighted by molar-refractivity contribution is 0.0518. The second kappa shape index (κ2) is 5.55. The van der Waals surface area contributed by atoms with Crippen molar-refractivity contribution in [3.05, 3.63) is 47.4 Å². The number of benzene rings is 1.